The molecule has 0 radical (unpaired) electrons. The molecule has 0 spiro atoms. The molecule has 1 amide bonds. The number of amides is 1. The Bertz CT molecular complexity index is 1190. The van der Waals surface area contributed by atoms with Gasteiger partial charge < -0.3 is 9.88 Å². The molecule has 0 saturated heterocycles. The second kappa shape index (κ2) is 6.68. The number of aromatic amines is 1. The summed E-state index contributed by atoms with van der Waals surface area (Å²) in [5, 5.41) is 10.7. The van der Waals surface area contributed by atoms with Gasteiger partial charge in [-0.3, -0.25) is 9.59 Å². The minimum Gasteiger partial charge on any atom is -0.350 e. The maximum atomic E-state index is 13.0. The molecule has 0 aliphatic heterocycles. The zero-order valence-corrected chi connectivity index (χ0v) is 14.6. The topological polar surface area (TPSA) is 79.8 Å². The molecule has 0 bridgehead atoms. The molecular weight excluding hydrogens is 347 g/mol. The third-order valence-electron chi connectivity index (χ3n) is 4.67. The maximum Gasteiger partial charge on any atom is 0.288 e. The van der Waals surface area contributed by atoms with E-state index in [1.54, 1.807) is 29.8 Å². The van der Waals surface area contributed by atoms with Crippen molar-refractivity contribution in [2.45, 2.75) is 19.5 Å². The number of hydrogen-bond acceptors (Lipinski definition) is 3. The van der Waals surface area contributed by atoms with E-state index in [0.717, 1.165) is 16.5 Å². The predicted molar refractivity (Wildman–Crippen MR) is 101 cm³/mol. The first-order valence-electron chi connectivity index (χ1n) is 8.54. The van der Waals surface area contributed by atoms with Crippen LogP contribution >= 0.6 is 0 Å². The molecule has 0 fully saturated rings. The molecule has 2 heterocycles. The van der Waals surface area contributed by atoms with Crippen LogP contribution in [0.15, 0.2) is 59.5 Å². The Morgan fingerprint density at radius 1 is 1.19 bits per heavy atom. The maximum absolute atomic E-state index is 13.0. The summed E-state index contributed by atoms with van der Waals surface area (Å²) in [5.41, 5.74) is 1.65. The molecule has 6 nitrogen and oxygen atoms in total. The van der Waals surface area contributed by atoms with E-state index in [9.17, 15) is 14.0 Å². The summed E-state index contributed by atoms with van der Waals surface area (Å²) in [6.07, 6.45) is 1.60. The van der Waals surface area contributed by atoms with Gasteiger partial charge in [-0.15, -0.1) is 0 Å². The Balaban J connectivity index is 1.71. The average Bonchev–Trinajstić information content (AvgIpc) is 3.02. The van der Waals surface area contributed by atoms with Crippen molar-refractivity contribution in [3.8, 4) is 0 Å². The average molecular weight is 364 g/mol. The Morgan fingerprint density at radius 3 is 2.70 bits per heavy atom. The number of aromatic nitrogens is 3. The Morgan fingerprint density at radius 2 is 1.93 bits per heavy atom. The fourth-order valence-corrected chi connectivity index (χ4v) is 3.32. The summed E-state index contributed by atoms with van der Waals surface area (Å²) in [5.74, 6) is -0.560. The van der Waals surface area contributed by atoms with Crippen molar-refractivity contribution in [1.29, 1.82) is 0 Å². The molecule has 1 atom stereocenters. The van der Waals surface area contributed by atoms with Gasteiger partial charge in [0.05, 0.1) is 11.7 Å². The summed E-state index contributed by atoms with van der Waals surface area (Å²) in [6, 6.07) is 12.9. The van der Waals surface area contributed by atoms with Crippen molar-refractivity contribution < 1.29 is 9.18 Å². The van der Waals surface area contributed by atoms with Crippen molar-refractivity contribution in [1.82, 2.24) is 20.1 Å². The van der Waals surface area contributed by atoms with Crippen molar-refractivity contribution in [3.05, 3.63) is 76.5 Å². The quantitative estimate of drug-likeness (QED) is 0.584. The number of rotatable bonds is 4. The molecule has 0 aliphatic carbocycles. The van der Waals surface area contributed by atoms with E-state index in [-0.39, 0.29) is 23.8 Å². The number of carbonyl (C=O) groups is 1. The van der Waals surface area contributed by atoms with Gasteiger partial charge in [0, 0.05) is 17.3 Å². The van der Waals surface area contributed by atoms with Gasteiger partial charge in [-0.25, -0.2) is 9.49 Å². The zero-order valence-electron chi connectivity index (χ0n) is 14.6. The number of benzene rings is 2. The van der Waals surface area contributed by atoms with Gasteiger partial charge in [-0.05, 0) is 30.7 Å². The van der Waals surface area contributed by atoms with Gasteiger partial charge in [-0.2, -0.15) is 5.10 Å². The number of carbonyl (C=O) groups excluding carboxylic acids is 1. The molecule has 4 aromatic rings. The van der Waals surface area contributed by atoms with Gasteiger partial charge in [-0.1, -0.05) is 30.3 Å². The van der Waals surface area contributed by atoms with Crippen LogP contribution in [0.25, 0.3) is 21.8 Å². The van der Waals surface area contributed by atoms with Gasteiger partial charge in [0.15, 0.2) is 0 Å². The second-order valence-electron chi connectivity index (χ2n) is 6.37. The number of H-pyrrole nitrogens is 1. The van der Waals surface area contributed by atoms with Crippen LogP contribution < -0.4 is 10.9 Å². The highest BCUT2D eigenvalue weighted by molar-refractivity contribution is 6.08. The largest absolute Gasteiger partial charge is 0.350 e. The Hall–Kier alpha value is -3.48. The third-order valence-corrected chi connectivity index (χ3v) is 4.67. The fraction of sp³-hybridized carbons (Fsp3) is 0.150. The first kappa shape index (κ1) is 17.0. The van der Waals surface area contributed by atoms with E-state index in [0.29, 0.717) is 10.9 Å². The number of hydrogen-bond donors (Lipinski definition) is 2. The van der Waals surface area contributed by atoms with Gasteiger partial charge in [0.2, 0.25) is 5.91 Å². The Kier molecular flexibility index (Phi) is 4.19. The summed E-state index contributed by atoms with van der Waals surface area (Å²) >= 11 is 0. The van der Waals surface area contributed by atoms with Crippen LogP contribution in [0.3, 0.4) is 0 Å². The summed E-state index contributed by atoms with van der Waals surface area (Å²) in [4.78, 5) is 25.1. The lowest BCUT2D eigenvalue weighted by atomic mass is 10.2. The van der Waals surface area contributed by atoms with Gasteiger partial charge in [0.25, 0.3) is 5.56 Å². The van der Waals surface area contributed by atoms with E-state index in [4.69, 9.17) is 0 Å². The number of para-hydroxylation sites is 1. The highest BCUT2D eigenvalue weighted by Gasteiger charge is 2.22. The molecule has 7 heteroatoms. The SMILES string of the molecule is CC(C(=O)NCc1ccc(F)cc1)n1c2ccccc2c2cn[nH]c(=O)c21. The van der Waals surface area contributed by atoms with E-state index in [1.807, 2.05) is 24.3 Å². The minimum absolute atomic E-state index is 0.238. The molecule has 2 N–H and O–H groups in total. The van der Waals surface area contributed by atoms with E-state index >= 15 is 0 Å². The van der Waals surface area contributed by atoms with Crippen LogP contribution in [0.5, 0.6) is 0 Å². The van der Waals surface area contributed by atoms with Gasteiger partial charge >= 0.3 is 0 Å². The molecule has 1 unspecified atom stereocenters. The molecule has 2 aromatic carbocycles. The van der Waals surface area contributed by atoms with E-state index < -0.39 is 6.04 Å². The smallest absolute Gasteiger partial charge is 0.288 e. The third kappa shape index (κ3) is 2.97. The lowest BCUT2D eigenvalue weighted by Gasteiger charge is -2.16. The molecule has 0 saturated carbocycles. The molecular formula is C20H17FN4O2. The minimum atomic E-state index is -0.614. The van der Waals surface area contributed by atoms with Crippen molar-refractivity contribution in [2.75, 3.05) is 0 Å². The zero-order chi connectivity index (χ0) is 19.0. The lowest BCUT2D eigenvalue weighted by molar-refractivity contribution is -0.123. The van der Waals surface area contributed by atoms with Crippen LogP contribution in [-0.4, -0.2) is 20.7 Å². The second-order valence-corrected chi connectivity index (χ2v) is 6.37. The van der Waals surface area contributed by atoms with Crippen molar-refractivity contribution >= 4 is 27.7 Å². The molecule has 0 aliphatic rings. The van der Waals surface area contributed by atoms with E-state index in [1.165, 1.54) is 12.1 Å². The molecule has 136 valence electrons. The first-order chi connectivity index (χ1) is 13.1. The summed E-state index contributed by atoms with van der Waals surface area (Å²) < 4.78 is 14.7. The summed E-state index contributed by atoms with van der Waals surface area (Å²) in [6.45, 7) is 2.02. The standard InChI is InChI=1S/C20H17FN4O2/c1-12(19(26)22-10-13-6-8-14(21)9-7-13)25-17-5-3-2-4-15(17)16-11-23-24-20(27)18(16)25/h2-9,11-12H,10H2,1H3,(H,22,26)(H,24,27). The monoisotopic (exact) mass is 364 g/mol. The number of nitrogens with zero attached hydrogens (tertiary/aromatic N) is 2. The normalized spacial score (nSPS) is 12.4. The molecule has 27 heavy (non-hydrogen) atoms. The molecule has 4 rings (SSSR count). The fourth-order valence-electron chi connectivity index (χ4n) is 3.32. The highest BCUT2D eigenvalue weighted by Crippen LogP contribution is 2.29. The number of halogens is 1. The van der Waals surface area contributed by atoms with Crippen molar-refractivity contribution in [2.24, 2.45) is 0 Å². The van der Waals surface area contributed by atoms with Crippen LogP contribution in [0, 0.1) is 5.82 Å². The highest BCUT2D eigenvalue weighted by atomic mass is 19.1. The van der Waals surface area contributed by atoms with Gasteiger partial charge in [0.1, 0.15) is 17.4 Å². The van der Waals surface area contributed by atoms with E-state index in [2.05, 4.69) is 15.5 Å². The van der Waals surface area contributed by atoms with Crippen LogP contribution in [-0.2, 0) is 11.3 Å². The number of nitrogens with one attached hydrogen (secondary N) is 2. The predicted octanol–water partition coefficient (Wildman–Crippen LogP) is 2.89. The van der Waals surface area contributed by atoms with Crippen LogP contribution in [0.4, 0.5) is 4.39 Å². The number of fused-ring (bicyclic) bond motifs is 3. The van der Waals surface area contributed by atoms with Crippen LogP contribution in [0.1, 0.15) is 18.5 Å². The van der Waals surface area contributed by atoms with Crippen molar-refractivity contribution in [3.63, 3.8) is 0 Å². The lowest BCUT2D eigenvalue weighted by Crippen LogP contribution is -2.31. The Labute approximate surface area is 153 Å². The first-order valence-corrected chi connectivity index (χ1v) is 8.54. The van der Waals surface area contributed by atoms with Crippen LogP contribution in [0.2, 0.25) is 0 Å². The molecule has 2 aromatic heterocycles. The summed E-state index contributed by atoms with van der Waals surface area (Å²) in [7, 11) is 0.